The number of nitrogens with zero attached hydrogens (tertiary/aromatic N) is 3. The number of methoxy groups -OCH3 is 1. The SMILES string of the molecule is COc1ccc(-c2n[nH]c3c2[C@@H](c2ccc([N+](=O)[O-])cc2)N(c2ccccc2)C3=O)cc1. The zero-order chi connectivity index (χ0) is 22.2. The highest BCUT2D eigenvalue weighted by atomic mass is 16.6. The Balaban J connectivity index is 1.68. The van der Waals surface area contributed by atoms with Gasteiger partial charge in [0, 0.05) is 28.9 Å². The number of anilines is 1. The molecule has 3 aromatic carbocycles. The van der Waals surface area contributed by atoms with Gasteiger partial charge in [0.05, 0.1) is 23.8 Å². The maximum absolute atomic E-state index is 13.4. The molecule has 8 heteroatoms. The second-order valence-electron chi connectivity index (χ2n) is 7.35. The van der Waals surface area contributed by atoms with Crippen molar-refractivity contribution in [2.24, 2.45) is 0 Å². The van der Waals surface area contributed by atoms with Crippen molar-refractivity contribution in [2.45, 2.75) is 6.04 Å². The number of aromatic amines is 1. The molecule has 0 bridgehead atoms. The maximum Gasteiger partial charge on any atom is 0.277 e. The van der Waals surface area contributed by atoms with Crippen molar-refractivity contribution in [1.82, 2.24) is 10.2 Å². The van der Waals surface area contributed by atoms with Gasteiger partial charge in [0.25, 0.3) is 11.6 Å². The van der Waals surface area contributed by atoms with E-state index in [4.69, 9.17) is 4.74 Å². The molecule has 1 N–H and O–H groups in total. The molecule has 0 unspecified atom stereocenters. The molecule has 0 aliphatic carbocycles. The first-order valence-corrected chi connectivity index (χ1v) is 9.94. The Morgan fingerprint density at radius 1 is 1.00 bits per heavy atom. The van der Waals surface area contributed by atoms with Gasteiger partial charge in [-0.15, -0.1) is 0 Å². The number of hydrogen-bond acceptors (Lipinski definition) is 5. The van der Waals surface area contributed by atoms with Crippen LogP contribution in [0, 0.1) is 10.1 Å². The number of carbonyl (C=O) groups is 1. The molecule has 0 radical (unpaired) electrons. The van der Waals surface area contributed by atoms with Gasteiger partial charge in [0.15, 0.2) is 0 Å². The number of fused-ring (bicyclic) bond motifs is 1. The lowest BCUT2D eigenvalue weighted by Gasteiger charge is -2.26. The second kappa shape index (κ2) is 7.66. The molecular formula is C24H18N4O4. The Kier molecular flexibility index (Phi) is 4.67. The van der Waals surface area contributed by atoms with Gasteiger partial charge in [-0.3, -0.25) is 24.9 Å². The number of ether oxygens (including phenoxy) is 1. The van der Waals surface area contributed by atoms with E-state index >= 15 is 0 Å². The monoisotopic (exact) mass is 426 g/mol. The molecule has 8 nitrogen and oxygen atoms in total. The summed E-state index contributed by atoms with van der Waals surface area (Å²) in [6.07, 6.45) is 0. The first kappa shape index (κ1) is 19.5. The molecule has 1 atom stereocenters. The summed E-state index contributed by atoms with van der Waals surface area (Å²) < 4.78 is 5.25. The molecule has 2 heterocycles. The van der Waals surface area contributed by atoms with Gasteiger partial charge >= 0.3 is 0 Å². The van der Waals surface area contributed by atoms with Crippen LogP contribution in [0.15, 0.2) is 78.9 Å². The summed E-state index contributed by atoms with van der Waals surface area (Å²) in [7, 11) is 1.60. The van der Waals surface area contributed by atoms with E-state index in [1.807, 2.05) is 54.6 Å². The van der Waals surface area contributed by atoms with Crippen LogP contribution in [0.3, 0.4) is 0 Å². The Labute approximate surface area is 183 Å². The number of nitro groups is 1. The Morgan fingerprint density at radius 3 is 2.31 bits per heavy atom. The second-order valence-corrected chi connectivity index (χ2v) is 7.35. The van der Waals surface area contributed by atoms with Crippen LogP contribution in [0.5, 0.6) is 5.75 Å². The molecule has 5 rings (SSSR count). The van der Waals surface area contributed by atoms with Crippen molar-refractivity contribution in [3.8, 4) is 17.0 Å². The molecule has 0 saturated carbocycles. The van der Waals surface area contributed by atoms with Gasteiger partial charge < -0.3 is 4.74 Å². The average Bonchev–Trinajstić information content (AvgIpc) is 3.38. The van der Waals surface area contributed by atoms with Gasteiger partial charge in [0.1, 0.15) is 11.4 Å². The van der Waals surface area contributed by atoms with Crippen LogP contribution in [0.4, 0.5) is 11.4 Å². The topological polar surface area (TPSA) is 101 Å². The minimum Gasteiger partial charge on any atom is -0.497 e. The van der Waals surface area contributed by atoms with Gasteiger partial charge in [-0.05, 0) is 54.1 Å². The van der Waals surface area contributed by atoms with E-state index in [1.54, 1.807) is 24.1 Å². The number of rotatable bonds is 5. The van der Waals surface area contributed by atoms with E-state index in [2.05, 4.69) is 10.2 Å². The van der Waals surface area contributed by atoms with E-state index in [0.717, 1.165) is 28.1 Å². The number of amides is 1. The van der Waals surface area contributed by atoms with Crippen LogP contribution in [-0.4, -0.2) is 28.1 Å². The zero-order valence-corrected chi connectivity index (χ0v) is 17.1. The number of benzene rings is 3. The number of nitrogens with one attached hydrogen (secondary N) is 1. The Hall–Kier alpha value is -4.46. The summed E-state index contributed by atoms with van der Waals surface area (Å²) in [4.78, 5) is 25.8. The summed E-state index contributed by atoms with van der Waals surface area (Å²) in [5, 5.41) is 18.5. The summed E-state index contributed by atoms with van der Waals surface area (Å²) >= 11 is 0. The van der Waals surface area contributed by atoms with E-state index in [9.17, 15) is 14.9 Å². The van der Waals surface area contributed by atoms with Crippen molar-refractivity contribution >= 4 is 17.3 Å². The predicted molar refractivity (Wildman–Crippen MR) is 119 cm³/mol. The number of carbonyl (C=O) groups excluding carboxylic acids is 1. The number of aromatic nitrogens is 2. The fourth-order valence-corrected chi connectivity index (χ4v) is 4.06. The lowest BCUT2D eigenvalue weighted by molar-refractivity contribution is -0.384. The lowest BCUT2D eigenvalue weighted by Crippen LogP contribution is -2.29. The average molecular weight is 426 g/mol. The zero-order valence-electron chi connectivity index (χ0n) is 17.1. The normalized spacial score (nSPS) is 15.0. The van der Waals surface area contributed by atoms with E-state index in [-0.39, 0.29) is 11.6 Å². The van der Waals surface area contributed by atoms with Gasteiger partial charge in [-0.1, -0.05) is 18.2 Å². The number of non-ortho nitro benzene ring substituents is 1. The molecule has 0 fully saturated rings. The Morgan fingerprint density at radius 2 is 1.69 bits per heavy atom. The Bertz CT molecular complexity index is 1300. The minimum absolute atomic E-state index is 0.00729. The van der Waals surface area contributed by atoms with Crippen molar-refractivity contribution in [3.63, 3.8) is 0 Å². The number of nitro benzene ring substituents is 1. The van der Waals surface area contributed by atoms with E-state index in [0.29, 0.717) is 11.4 Å². The van der Waals surface area contributed by atoms with Crippen LogP contribution >= 0.6 is 0 Å². The summed E-state index contributed by atoms with van der Waals surface area (Å²) in [6.45, 7) is 0. The highest BCUT2D eigenvalue weighted by Crippen LogP contribution is 2.45. The van der Waals surface area contributed by atoms with Crippen LogP contribution in [0.2, 0.25) is 0 Å². The van der Waals surface area contributed by atoms with Crippen molar-refractivity contribution < 1.29 is 14.5 Å². The highest BCUT2D eigenvalue weighted by Gasteiger charge is 2.43. The molecule has 32 heavy (non-hydrogen) atoms. The van der Waals surface area contributed by atoms with E-state index in [1.165, 1.54) is 12.1 Å². The third kappa shape index (κ3) is 3.09. The minimum atomic E-state index is -0.489. The molecule has 1 aromatic heterocycles. The first-order valence-electron chi connectivity index (χ1n) is 9.94. The van der Waals surface area contributed by atoms with Crippen molar-refractivity contribution in [3.05, 3.63) is 106 Å². The molecule has 0 saturated heterocycles. The van der Waals surface area contributed by atoms with Crippen molar-refractivity contribution in [1.29, 1.82) is 0 Å². The van der Waals surface area contributed by atoms with Crippen LogP contribution in [-0.2, 0) is 0 Å². The number of para-hydroxylation sites is 1. The molecule has 1 aliphatic rings. The third-order valence-corrected chi connectivity index (χ3v) is 5.59. The third-order valence-electron chi connectivity index (χ3n) is 5.59. The molecule has 1 amide bonds. The smallest absolute Gasteiger partial charge is 0.277 e. The highest BCUT2D eigenvalue weighted by molar-refractivity contribution is 6.11. The molecule has 0 spiro atoms. The summed E-state index contributed by atoms with van der Waals surface area (Å²) in [5.41, 5.74) is 4.09. The quantitative estimate of drug-likeness (QED) is 0.367. The van der Waals surface area contributed by atoms with Crippen molar-refractivity contribution in [2.75, 3.05) is 12.0 Å². The van der Waals surface area contributed by atoms with Crippen LogP contribution in [0.1, 0.15) is 27.7 Å². The molecule has 1 aliphatic heterocycles. The fraction of sp³-hybridized carbons (Fsp3) is 0.0833. The summed E-state index contributed by atoms with van der Waals surface area (Å²) in [6, 6.07) is 22.6. The number of hydrogen-bond donors (Lipinski definition) is 1. The lowest BCUT2D eigenvalue weighted by atomic mass is 9.95. The maximum atomic E-state index is 13.4. The molecular weight excluding hydrogens is 408 g/mol. The summed E-state index contributed by atoms with van der Waals surface area (Å²) in [5.74, 6) is 0.511. The van der Waals surface area contributed by atoms with E-state index < -0.39 is 11.0 Å². The number of H-pyrrole nitrogens is 1. The van der Waals surface area contributed by atoms with Gasteiger partial charge in [0.2, 0.25) is 0 Å². The standard InChI is InChI=1S/C24H18N4O4/c1-32-19-13-9-15(10-14-19)21-20-22(26-25-21)24(29)27(17-5-3-2-4-6-17)23(20)16-7-11-18(12-8-16)28(30)31/h2-14,23H,1H3,(H,25,26)/t23-/m1/s1. The fourth-order valence-electron chi connectivity index (χ4n) is 4.06. The van der Waals surface area contributed by atoms with Crippen LogP contribution < -0.4 is 9.64 Å². The predicted octanol–water partition coefficient (Wildman–Crippen LogP) is 4.74. The van der Waals surface area contributed by atoms with Gasteiger partial charge in [-0.2, -0.15) is 5.10 Å². The van der Waals surface area contributed by atoms with Crippen LogP contribution in [0.25, 0.3) is 11.3 Å². The first-order chi connectivity index (χ1) is 15.6. The van der Waals surface area contributed by atoms with Gasteiger partial charge in [-0.25, -0.2) is 0 Å². The largest absolute Gasteiger partial charge is 0.497 e. The molecule has 4 aromatic rings. The molecule has 158 valence electrons.